The molecule has 0 amide bonds. The summed E-state index contributed by atoms with van der Waals surface area (Å²) in [4.78, 5) is 10.5. The lowest BCUT2D eigenvalue weighted by Gasteiger charge is -2.24. The van der Waals surface area contributed by atoms with Crippen molar-refractivity contribution in [1.29, 1.82) is 0 Å². The van der Waals surface area contributed by atoms with Gasteiger partial charge in [-0.25, -0.2) is 9.98 Å². The number of fused-ring (bicyclic) bond motifs is 8. The van der Waals surface area contributed by atoms with Crippen LogP contribution in [0.1, 0.15) is 22.9 Å². The minimum atomic E-state index is -0.328. The van der Waals surface area contributed by atoms with Crippen LogP contribution in [0.25, 0.3) is 97.0 Å². The Balaban J connectivity index is 0.873. The Morgan fingerprint density at radius 3 is 1.91 bits per heavy atom. The number of hydrogen-bond donors (Lipinski definition) is 1. The van der Waals surface area contributed by atoms with Crippen LogP contribution in [0.15, 0.2) is 227 Å². The number of thiophene rings is 1. The average molecular weight is 836 g/mol. The molecule has 12 aromatic rings. The third-order valence-electron chi connectivity index (χ3n) is 12.7. The molecule has 0 saturated heterocycles. The Bertz CT molecular complexity index is 3880. The maximum Gasteiger partial charge on any atom is 0.159 e. The van der Waals surface area contributed by atoms with Crippen molar-refractivity contribution in [2.24, 2.45) is 9.98 Å². The summed E-state index contributed by atoms with van der Waals surface area (Å²) in [6.07, 6.45) is -0.328. The zero-order chi connectivity index (χ0) is 42.1. The van der Waals surface area contributed by atoms with Gasteiger partial charge in [-0.3, -0.25) is 0 Å². The fourth-order valence-electron chi connectivity index (χ4n) is 9.53. The van der Waals surface area contributed by atoms with Gasteiger partial charge in [0.05, 0.1) is 0 Å². The van der Waals surface area contributed by atoms with Crippen molar-refractivity contribution in [3.8, 4) is 33.4 Å². The third kappa shape index (κ3) is 6.20. The summed E-state index contributed by atoms with van der Waals surface area (Å²) in [5.41, 5.74) is 11.9. The van der Waals surface area contributed by atoms with E-state index >= 15 is 0 Å². The molecule has 0 aliphatic carbocycles. The number of hydrogen-bond acceptors (Lipinski definition) is 5. The highest BCUT2D eigenvalue weighted by atomic mass is 32.1. The lowest BCUT2D eigenvalue weighted by molar-refractivity contribution is 0.669. The van der Waals surface area contributed by atoms with E-state index in [0.717, 1.165) is 71.9 Å². The second kappa shape index (κ2) is 14.8. The lowest BCUT2D eigenvalue weighted by atomic mass is 9.94. The molecule has 0 fully saturated rings. The minimum Gasteiger partial charge on any atom is -0.456 e. The first-order valence-electron chi connectivity index (χ1n) is 21.6. The van der Waals surface area contributed by atoms with Crippen LogP contribution in [0.3, 0.4) is 0 Å². The molecular weight excluding hydrogens is 799 g/mol. The summed E-state index contributed by atoms with van der Waals surface area (Å²) < 4.78 is 9.03. The molecule has 1 N–H and O–H groups in total. The number of benzene rings is 10. The molecule has 1 aliphatic rings. The number of nitrogens with one attached hydrogen (secondary N) is 1. The van der Waals surface area contributed by atoms with Crippen LogP contribution >= 0.6 is 11.3 Å². The maximum atomic E-state index is 6.51. The van der Waals surface area contributed by atoms with Gasteiger partial charge in [-0.15, -0.1) is 11.3 Å². The van der Waals surface area contributed by atoms with Crippen LogP contribution in [-0.2, 0) is 0 Å². The fraction of sp³-hybridized carbons (Fsp3) is 0.0169. The van der Waals surface area contributed by atoms with Crippen LogP contribution in [0.5, 0.6) is 0 Å². The van der Waals surface area contributed by atoms with Crippen LogP contribution in [-0.4, -0.2) is 11.7 Å². The molecule has 0 saturated carbocycles. The maximum absolute atomic E-state index is 6.51. The zero-order valence-electron chi connectivity index (χ0n) is 34.5. The molecular formula is C59H37N3OS. The Labute approximate surface area is 373 Å². The van der Waals surface area contributed by atoms with E-state index in [9.17, 15) is 0 Å². The Hall–Kier alpha value is -8.12. The van der Waals surface area contributed by atoms with E-state index in [1.54, 1.807) is 0 Å². The van der Waals surface area contributed by atoms with Crippen LogP contribution < -0.4 is 5.32 Å². The molecule has 0 bridgehead atoms. The fourth-order valence-corrected chi connectivity index (χ4v) is 10.7. The van der Waals surface area contributed by atoms with E-state index in [0.29, 0.717) is 5.84 Å². The summed E-state index contributed by atoms with van der Waals surface area (Å²) in [5.74, 6) is 1.51. The van der Waals surface area contributed by atoms with Gasteiger partial charge in [0.2, 0.25) is 0 Å². The smallest absolute Gasteiger partial charge is 0.159 e. The lowest BCUT2D eigenvalue weighted by Crippen LogP contribution is -2.33. The van der Waals surface area contributed by atoms with Gasteiger partial charge in [-0.2, -0.15) is 0 Å². The molecule has 300 valence electrons. The third-order valence-corrected chi connectivity index (χ3v) is 13.9. The van der Waals surface area contributed by atoms with Gasteiger partial charge in [-0.1, -0.05) is 164 Å². The van der Waals surface area contributed by atoms with E-state index in [2.05, 4.69) is 199 Å². The monoisotopic (exact) mass is 835 g/mol. The first-order chi connectivity index (χ1) is 31.7. The highest BCUT2D eigenvalue weighted by molar-refractivity contribution is 7.25. The Kier molecular flexibility index (Phi) is 8.43. The van der Waals surface area contributed by atoms with E-state index in [1.807, 2.05) is 29.5 Å². The molecule has 1 aliphatic heterocycles. The van der Waals surface area contributed by atoms with Crippen molar-refractivity contribution in [3.63, 3.8) is 0 Å². The van der Waals surface area contributed by atoms with Crippen LogP contribution in [0.2, 0.25) is 0 Å². The second-order valence-corrected chi connectivity index (χ2v) is 17.6. The van der Waals surface area contributed by atoms with Crippen molar-refractivity contribution >= 4 is 86.7 Å². The molecule has 4 nitrogen and oxygen atoms in total. The molecule has 10 aromatic carbocycles. The molecule has 64 heavy (non-hydrogen) atoms. The van der Waals surface area contributed by atoms with Crippen molar-refractivity contribution in [2.75, 3.05) is 0 Å². The highest BCUT2D eigenvalue weighted by Crippen LogP contribution is 2.41. The minimum absolute atomic E-state index is 0.328. The average Bonchev–Trinajstić information content (AvgIpc) is 3.94. The van der Waals surface area contributed by atoms with E-state index in [4.69, 9.17) is 14.4 Å². The first-order valence-corrected chi connectivity index (χ1v) is 22.5. The van der Waals surface area contributed by atoms with E-state index < -0.39 is 0 Å². The molecule has 1 unspecified atom stereocenters. The van der Waals surface area contributed by atoms with Gasteiger partial charge >= 0.3 is 0 Å². The molecule has 5 heteroatoms. The van der Waals surface area contributed by atoms with Crippen molar-refractivity contribution < 1.29 is 4.42 Å². The molecule has 1 atom stereocenters. The van der Waals surface area contributed by atoms with Crippen molar-refractivity contribution in [3.05, 3.63) is 229 Å². The van der Waals surface area contributed by atoms with Crippen LogP contribution in [0.4, 0.5) is 0 Å². The quantitative estimate of drug-likeness (QED) is 0.181. The van der Waals surface area contributed by atoms with Gasteiger partial charge < -0.3 is 9.73 Å². The van der Waals surface area contributed by atoms with Gasteiger partial charge in [-0.05, 0) is 103 Å². The topological polar surface area (TPSA) is 49.9 Å². The summed E-state index contributed by atoms with van der Waals surface area (Å²) in [6.45, 7) is 0. The number of amidine groups is 2. The number of nitrogens with zero attached hydrogens (tertiary/aromatic N) is 2. The zero-order valence-corrected chi connectivity index (χ0v) is 35.3. The van der Waals surface area contributed by atoms with Crippen LogP contribution in [0, 0.1) is 0 Å². The number of aliphatic imine (C=N–C) groups is 2. The molecule has 3 heterocycles. The highest BCUT2D eigenvalue weighted by Gasteiger charge is 2.24. The molecule has 2 aromatic heterocycles. The largest absolute Gasteiger partial charge is 0.456 e. The van der Waals surface area contributed by atoms with E-state index in [1.165, 1.54) is 47.6 Å². The van der Waals surface area contributed by atoms with Gasteiger partial charge in [0, 0.05) is 47.6 Å². The summed E-state index contributed by atoms with van der Waals surface area (Å²) in [7, 11) is 0. The number of rotatable bonds is 6. The summed E-state index contributed by atoms with van der Waals surface area (Å²) >= 11 is 1.82. The molecule has 13 rings (SSSR count). The normalized spacial score (nSPS) is 14.1. The second-order valence-electron chi connectivity index (χ2n) is 16.6. The van der Waals surface area contributed by atoms with Crippen molar-refractivity contribution in [2.45, 2.75) is 6.17 Å². The van der Waals surface area contributed by atoms with Gasteiger partial charge in [0.1, 0.15) is 23.2 Å². The molecule has 0 spiro atoms. The summed E-state index contributed by atoms with van der Waals surface area (Å²) in [6, 6.07) is 75.9. The predicted molar refractivity (Wildman–Crippen MR) is 270 cm³/mol. The van der Waals surface area contributed by atoms with Crippen molar-refractivity contribution in [1.82, 2.24) is 5.32 Å². The summed E-state index contributed by atoms with van der Waals surface area (Å²) in [5, 5.41) is 13.3. The van der Waals surface area contributed by atoms with Gasteiger partial charge in [0.15, 0.2) is 5.84 Å². The Morgan fingerprint density at radius 2 is 1.05 bits per heavy atom. The first kappa shape index (κ1) is 36.5. The van der Waals surface area contributed by atoms with Gasteiger partial charge in [0.25, 0.3) is 0 Å². The predicted octanol–water partition coefficient (Wildman–Crippen LogP) is 15.8. The standard InChI is InChI=1S/C59H37N3OS/c1-2-11-40(12-3-1)57-60-58(62-59(61-57)49-16-9-19-54-56(49)48-14-6-7-18-53(48)64-54)45-29-26-39-25-28-44(33-46(39)34-45)47-15-8-17-52-55(47)50-35-43(30-31-51(50)63-52)38-22-20-37(21-23-38)42-27-24-36-10-4-5-13-41(36)32-42/h1-35,59H,(H,60,61,62). The SMILES string of the molecule is c1ccc(C2=NC(c3cccc4sc5ccccc5c34)NC(c3ccc4ccc(-c5cccc6oc7ccc(-c8ccc(-c9ccc%10ccccc%10c9)cc8)cc7c56)cc4c3)=N2)cc1. The number of furan rings is 1. The Morgan fingerprint density at radius 1 is 0.406 bits per heavy atom. The molecule has 0 radical (unpaired) electrons. The van der Waals surface area contributed by atoms with E-state index in [-0.39, 0.29) is 6.17 Å².